The third-order valence-corrected chi connectivity index (χ3v) is 5.29. The van der Waals surface area contributed by atoms with Crippen molar-refractivity contribution >= 4 is 23.3 Å². The van der Waals surface area contributed by atoms with Crippen LogP contribution in [0, 0.1) is 25.7 Å². The highest BCUT2D eigenvalue weighted by Gasteiger charge is 2.31. The lowest BCUT2D eigenvalue weighted by molar-refractivity contribution is -0.137. The van der Waals surface area contributed by atoms with Crippen LogP contribution >= 0.6 is 0 Å². The van der Waals surface area contributed by atoms with Crippen molar-refractivity contribution in [3.63, 3.8) is 0 Å². The first-order valence-electron chi connectivity index (χ1n) is 11.2. The summed E-state index contributed by atoms with van der Waals surface area (Å²) >= 11 is 0. The minimum atomic E-state index is -4.61. The molecule has 0 bridgehead atoms. The molecule has 0 radical (unpaired) electrons. The molecule has 0 fully saturated rings. The number of hydrogen-bond acceptors (Lipinski definition) is 5. The van der Waals surface area contributed by atoms with Crippen LogP contribution in [0.15, 0.2) is 61.3 Å². The Balaban J connectivity index is 1.59. The van der Waals surface area contributed by atoms with Crippen LogP contribution in [0.2, 0.25) is 0 Å². The van der Waals surface area contributed by atoms with Gasteiger partial charge in [-0.3, -0.25) is 9.59 Å². The zero-order valence-corrected chi connectivity index (χ0v) is 20.5. The number of nitrogens with zero attached hydrogens (tertiary/aromatic N) is 4. The van der Waals surface area contributed by atoms with Crippen LogP contribution in [-0.4, -0.2) is 31.3 Å². The van der Waals surface area contributed by atoms with Gasteiger partial charge in [0, 0.05) is 35.6 Å². The molecule has 4 aromatic rings. The number of alkyl halides is 3. The molecule has 11 heteroatoms. The Morgan fingerprint density at radius 3 is 2.37 bits per heavy atom. The van der Waals surface area contributed by atoms with E-state index >= 15 is 0 Å². The number of carbonyl (C=O) groups excluding carboxylic acids is 2. The lowest BCUT2D eigenvalue weighted by Crippen LogP contribution is -2.14. The summed E-state index contributed by atoms with van der Waals surface area (Å²) in [6.07, 6.45) is 1.15. The second-order valence-corrected chi connectivity index (χ2v) is 8.39. The maximum Gasteiger partial charge on any atom is 0.416 e. The van der Waals surface area contributed by atoms with Crippen LogP contribution in [0.5, 0.6) is 0 Å². The molecule has 0 spiro atoms. The molecule has 0 aliphatic carbocycles. The molecule has 2 heterocycles. The number of aryl methyl sites for hydroxylation is 2. The van der Waals surface area contributed by atoms with Crippen LogP contribution in [0.1, 0.15) is 45.4 Å². The fourth-order valence-corrected chi connectivity index (χ4v) is 3.43. The number of halogens is 3. The van der Waals surface area contributed by atoms with Gasteiger partial charge < -0.3 is 15.2 Å². The Hall–Kier alpha value is -4.98. The highest BCUT2D eigenvalue weighted by Crippen LogP contribution is 2.33. The van der Waals surface area contributed by atoms with Gasteiger partial charge in [0.2, 0.25) is 5.91 Å². The van der Waals surface area contributed by atoms with Gasteiger partial charge >= 0.3 is 6.18 Å². The Morgan fingerprint density at radius 2 is 1.74 bits per heavy atom. The minimum Gasteiger partial charge on any atom is -0.322 e. The van der Waals surface area contributed by atoms with Gasteiger partial charge in [-0.25, -0.2) is 15.0 Å². The van der Waals surface area contributed by atoms with Crippen molar-refractivity contribution in [3.05, 3.63) is 95.0 Å². The standard InChI is InChI=1S/C27H21F3N6O2/c1-16-4-5-20(8-19(16)6-7-22-12-32-25(13-31-22)34-18(3)37)26(38)35-23-9-21(27(28,29)30)10-24(11-23)36-14-17(2)33-15-36/h4-5,8-15H,1-3H3,(H,35,38)(H,32,34,37). The fraction of sp³-hybridized carbons (Fsp3) is 0.148. The van der Waals surface area contributed by atoms with Gasteiger partial charge in [0.15, 0.2) is 5.82 Å². The van der Waals surface area contributed by atoms with E-state index in [0.717, 1.165) is 17.7 Å². The lowest BCUT2D eigenvalue weighted by atomic mass is 10.0. The molecule has 192 valence electrons. The lowest BCUT2D eigenvalue weighted by Gasteiger charge is -2.14. The van der Waals surface area contributed by atoms with Gasteiger partial charge in [0.1, 0.15) is 5.69 Å². The summed E-state index contributed by atoms with van der Waals surface area (Å²) in [5.41, 5.74) is 1.79. The largest absolute Gasteiger partial charge is 0.416 e. The van der Waals surface area contributed by atoms with Crippen molar-refractivity contribution in [2.45, 2.75) is 26.9 Å². The summed E-state index contributed by atoms with van der Waals surface area (Å²) in [4.78, 5) is 36.3. The zero-order chi connectivity index (χ0) is 27.4. The van der Waals surface area contributed by atoms with Crippen LogP contribution in [0.25, 0.3) is 5.69 Å². The molecule has 2 amide bonds. The highest BCUT2D eigenvalue weighted by molar-refractivity contribution is 6.04. The molecule has 0 atom stereocenters. The number of rotatable bonds is 4. The summed E-state index contributed by atoms with van der Waals surface area (Å²) in [6.45, 7) is 4.88. The molecule has 0 aliphatic rings. The van der Waals surface area contributed by atoms with Gasteiger partial charge in [-0.05, 0) is 55.7 Å². The summed E-state index contributed by atoms with van der Waals surface area (Å²) in [6, 6.07) is 8.10. The number of nitrogens with one attached hydrogen (secondary N) is 2. The van der Waals surface area contributed by atoms with E-state index in [9.17, 15) is 22.8 Å². The Kier molecular flexibility index (Phi) is 7.25. The van der Waals surface area contributed by atoms with Gasteiger partial charge in [-0.1, -0.05) is 12.0 Å². The molecule has 0 saturated carbocycles. The van der Waals surface area contributed by atoms with Crippen LogP contribution in [0.3, 0.4) is 0 Å². The first-order chi connectivity index (χ1) is 18.0. The highest BCUT2D eigenvalue weighted by atomic mass is 19.4. The van der Waals surface area contributed by atoms with Crippen LogP contribution in [-0.2, 0) is 11.0 Å². The average molecular weight is 518 g/mol. The van der Waals surface area contributed by atoms with Crippen molar-refractivity contribution in [3.8, 4) is 17.5 Å². The predicted molar refractivity (Wildman–Crippen MR) is 135 cm³/mol. The van der Waals surface area contributed by atoms with E-state index in [-0.39, 0.29) is 22.8 Å². The number of imidazole rings is 1. The first kappa shape index (κ1) is 26.1. The van der Waals surface area contributed by atoms with Crippen LogP contribution in [0.4, 0.5) is 24.7 Å². The first-order valence-corrected chi connectivity index (χ1v) is 11.2. The third-order valence-electron chi connectivity index (χ3n) is 5.29. The molecule has 0 aliphatic heterocycles. The maximum atomic E-state index is 13.5. The number of carbonyl (C=O) groups is 2. The maximum absolute atomic E-state index is 13.5. The van der Waals surface area contributed by atoms with Crippen molar-refractivity contribution in [2.75, 3.05) is 10.6 Å². The van der Waals surface area contributed by atoms with Crippen molar-refractivity contribution < 1.29 is 22.8 Å². The number of amides is 2. The Labute approximate surface area is 216 Å². The van der Waals surface area contributed by atoms with Crippen LogP contribution < -0.4 is 10.6 Å². The van der Waals surface area contributed by atoms with Crippen molar-refractivity contribution in [2.24, 2.45) is 0 Å². The average Bonchev–Trinajstić information content (AvgIpc) is 3.29. The van der Waals surface area contributed by atoms with Crippen molar-refractivity contribution in [1.82, 2.24) is 19.5 Å². The molecular weight excluding hydrogens is 497 g/mol. The quantitative estimate of drug-likeness (QED) is 0.374. The van der Waals surface area contributed by atoms with E-state index in [1.807, 2.05) is 6.92 Å². The number of anilines is 2. The molecule has 2 aromatic heterocycles. The molecule has 0 unspecified atom stereocenters. The molecule has 2 aromatic carbocycles. The van der Waals surface area contributed by atoms with E-state index < -0.39 is 17.6 Å². The zero-order valence-electron chi connectivity index (χ0n) is 20.5. The van der Waals surface area contributed by atoms with Gasteiger partial charge in [-0.2, -0.15) is 13.2 Å². The monoisotopic (exact) mass is 518 g/mol. The second-order valence-electron chi connectivity index (χ2n) is 8.39. The van der Waals surface area contributed by atoms with E-state index in [1.165, 1.54) is 36.3 Å². The number of aromatic nitrogens is 4. The summed E-state index contributed by atoms with van der Waals surface area (Å²) in [7, 11) is 0. The normalized spacial score (nSPS) is 10.9. The number of benzene rings is 2. The molecular formula is C27H21F3N6O2. The van der Waals surface area contributed by atoms with E-state index in [4.69, 9.17) is 0 Å². The van der Waals surface area contributed by atoms with Gasteiger partial charge in [-0.15, -0.1) is 0 Å². The second kappa shape index (κ2) is 10.6. The van der Waals surface area contributed by atoms with E-state index in [1.54, 1.807) is 31.3 Å². The number of hydrogen-bond donors (Lipinski definition) is 2. The third kappa shape index (κ3) is 6.41. The summed E-state index contributed by atoms with van der Waals surface area (Å²) in [5, 5.41) is 5.06. The van der Waals surface area contributed by atoms with Gasteiger partial charge in [0.25, 0.3) is 5.91 Å². The van der Waals surface area contributed by atoms with Crippen molar-refractivity contribution in [1.29, 1.82) is 0 Å². The molecule has 38 heavy (non-hydrogen) atoms. The molecule has 8 nitrogen and oxygen atoms in total. The molecule has 4 rings (SSSR count). The molecule has 0 saturated heterocycles. The fourth-order valence-electron chi connectivity index (χ4n) is 3.43. The Bertz CT molecular complexity index is 1580. The minimum absolute atomic E-state index is 0.0195. The van der Waals surface area contributed by atoms with Gasteiger partial charge in [0.05, 0.1) is 30.0 Å². The SMILES string of the molecule is CC(=O)Nc1cnc(C#Cc2cc(C(=O)Nc3cc(-n4cnc(C)c4)cc(C(F)(F)F)c3)ccc2C)cn1. The predicted octanol–water partition coefficient (Wildman–Crippen LogP) is 4.91. The summed E-state index contributed by atoms with van der Waals surface area (Å²) < 4.78 is 42.1. The van der Waals surface area contributed by atoms with E-state index in [2.05, 4.69) is 37.4 Å². The topological polar surface area (TPSA) is 102 Å². The molecule has 2 N–H and O–H groups in total. The summed E-state index contributed by atoms with van der Waals surface area (Å²) in [5.74, 6) is 5.20. The Morgan fingerprint density at radius 1 is 0.947 bits per heavy atom. The van der Waals surface area contributed by atoms with E-state index in [0.29, 0.717) is 22.8 Å². The smallest absolute Gasteiger partial charge is 0.322 e.